The molecule has 0 unspecified atom stereocenters. The molecule has 94 valence electrons. The molecule has 0 aromatic carbocycles. The molecule has 0 heterocycles. The molecule has 0 spiro atoms. The minimum Gasteiger partial charge on any atom is -0.0805 e. The molecule has 0 saturated heterocycles. The van der Waals surface area contributed by atoms with Crippen molar-refractivity contribution in [2.24, 2.45) is 0 Å². The zero-order valence-electron chi connectivity index (χ0n) is 12.1. The molecule has 0 N–H and O–H groups in total. The summed E-state index contributed by atoms with van der Waals surface area (Å²) in [6.07, 6.45) is 14.2. The van der Waals surface area contributed by atoms with Crippen molar-refractivity contribution in [3.8, 4) is 0 Å². The second kappa shape index (κ2) is 14.2. The van der Waals surface area contributed by atoms with Crippen LogP contribution < -0.4 is 0 Å². The van der Waals surface area contributed by atoms with E-state index in [1.54, 1.807) is 11.1 Å². The van der Waals surface area contributed by atoms with Gasteiger partial charge in [-0.1, -0.05) is 65.8 Å². The van der Waals surface area contributed by atoms with E-state index in [0.717, 1.165) is 6.42 Å². The van der Waals surface area contributed by atoms with Crippen molar-refractivity contribution in [2.45, 2.75) is 67.2 Å². The van der Waals surface area contributed by atoms with Gasteiger partial charge in [-0.2, -0.15) is 0 Å². The maximum absolute atomic E-state index is 2.29. The maximum Gasteiger partial charge on any atom is -0.0163 e. The Kier molecular flexibility index (Phi) is 15.7. The molecule has 2 aliphatic rings. The summed E-state index contributed by atoms with van der Waals surface area (Å²) in [6, 6.07) is 0. The fourth-order valence-corrected chi connectivity index (χ4v) is 1.67. The van der Waals surface area contributed by atoms with Gasteiger partial charge in [0.1, 0.15) is 0 Å². The minimum absolute atomic E-state index is 1.12. The molecule has 16 heavy (non-hydrogen) atoms. The fourth-order valence-electron chi connectivity index (χ4n) is 1.67. The summed E-state index contributed by atoms with van der Waals surface area (Å²) < 4.78 is 0. The number of hydrogen-bond acceptors (Lipinski definition) is 0. The average molecular weight is 222 g/mol. The summed E-state index contributed by atoms with van der Waals surface area (Å²) in [4.78, 5) is 0. The van der Waals surface area contributed by atoms with Crippen LogP contribution in [0.5, 0.6) is 0 Å². The van der Waals surface area contributed by atoms with Gasteiger partial charge in [0.05, 0.1) is 0 Å². The fraction of sp³-hybridized carbons (Fsp3) is 0.625. The summed E-state index contributed by atoms with van der Waals surface area (Å²) in [6.45, 7) is 12.0. The normalized spacial score (nSPS) is 15.6. The second-order valence-electron chi connectivity index (χ2n) is 2.94. The predicted molar refractivity (Wildman–Crippen MR) is 77.8 cm³/mol. The van der Waals surface area contributed by atoms with Gasteiger partial charge in [0.25, 0.3) is 0 Å². The van der Waals surface area contributed by atoms with E-state index in [1.165, 1.54) is 19.3 Å². The zero-order valence-corrected chi connectivity index (χ0v) is 12.1. The highest BCUT2D eigenvalue weighted by atomic mass is 14.1. The molecule has 0 bridgehead atoms. The lowest BCUT2D eigenvalue weighted by atomic mass is 10.1. The molecule has 0 atom stereocenters. The van der Waals surface area contributed by atoms with Crippen LogP contribution in [0.4, 0.5) is 0 Å². The lowest BCUT2D eigenvalue weighted by Gasteiger charge is -1.91. The molecular formula is C16H30. The number of allylic oxidation sites excluding steroid dienone is 6. The Bertz CT molecular complexity index is 194. The number of hydrogen-bond donors (Lipinski definition) is 0. The molecule has 2 rings (SSSR count). The maximum atomic E-state index is 2.29. The van der Waals surface area contributed by atoms with Crippen LogP contribution in [-0.2, 0) is 0 Å². The molecule has 0 fully saturated rings. The van der Waals surface area contributed by atoms with Crippen molar-refractivity contribution in [3.63, 3.8) is 0 Å². The van der Waals surface area contributed by atoms with Crippen LogP contribution in [0.25, 0.3) is 0 Å². The monoisotopic (exact) mass is 222 g/mol. The largest absolute Gasteiger partial charge is 0.0805 e. The topological polar surface area (TPSA) is 0 Å². The molecular weight excluding hydrogens is 192 g/mol. The summed E-state index contributed by atoms with van der Waals surface area (Å²) in [5.74, 6) is 0. The Hall–Kier alpha value is -0.780. The average Bonchev–Trinajstić information content (AvgIpc) is 2.73. The molecule has 0 aromatic heterocycles. The van der Waals surface area contributed by atoms with E-state index in [9.17, 15) is 0 Å². The third-order valence-corrected chi connectivity index (χ3v) is 2.21. The Balaban J connectivity index is 0. The van der Waals surface area contributed by atoms with Crippen molar-refractivity contribution < 1.29 is 0 Å². The minimum atomic E-state index is 1.12. The van der Waals surface area contributed by atoms with E-state index in [4.69, 9.17) is 0 Å². The third-order valence-electron chi connectivity index (χ3n) is 2.21. The van der Waals surface area contributed by atoms with Crippen LogP contribution in [0.3, 0.4) is 0 Å². The van der Waals surface area contributed by atoms with Crippen LogP contribution in [0.2, 0.25) is 0 Å². The van der Waals surface area contributed by atoms with Crippen LogP contribution in [0.15, 0.2) is 35.5 Å². The standard InChI is InChI=1S/C10H12.3C2H6/c1-2-5-9-7-4-8-10(9)6-3-1;3*1-2/h2-3,5-6H,1,4,7-8H2;3*1-2H3. The van der Waals surface area contributed by atoms with E-state index < -0.39 is 0 Å². The lowest BCUT2D eigenvalue weighted by Crippen LogP contribution is -1.71. The first kappa shape index (κ1) is 17.6. The van der Waals surface area contributed by atoms with Crippen LogP contribution >= 0.6 is 0 Å². The number of rotatable bonds is 0. The SMILES string of the molecule is C1=CC2=C(C=CC1)CCC2.CC.CC.CC. The first-order valence-electron chi connectivity index (χ1n) is 7.02. The van der Waals surface area contributed by atoms with E-state index in [0.29, 0.717) is 0 Å². The summed E-state index contributed by atoms with van der Waals surface area (Å²) in [5.41, 5.74) is 3.16. The first-order valence-corrected chi connectivity index (χ1v) is 7.02. The Morgan fingerprint density at radius 3 is 1.44 bits per heavy atom. The summed E-state index contributed by atoms with van der Waals surface area (Å²) in [7, 11) is 0. The molecule has 0 nitrogen and oxygen atoms in total. The van der Waals surface area contributed by atoms with E-state index >= 15 is 0 Å². The Labute approximate surface area is 103 Å². The Morgan fingerprint density at radius 2 is 1.06 bits per heavy atom. The smallest absolute Gasteiger partial charge is 0.0163 e. The molecule has 0 heteroatoms. The molecule has 0 saturated carbocycles. The predicted octanol–water partition coefficient (Wildman–Crippen LogP) is 6.06. The highest BCUT2D eigenvalue weighted by Gasteiger charge is 2.09. The molecule has 2 aliphatic carbocycles. The van der Waals surface area contributed by atoms with Crippen molar-refractivity contribution in [1.29, 1.82) is 0 Å². The van der Waals surface area contributed by atoms with Crippen molar-refractivity contribution in [3.05, 3.63) is 35.5 Å². The van der Waals surface area contributed by atoms with Gasteiger partial charge < -0.3 is 0 Å². The van der Waals surface area contributed by atoms with E-state index in [1.807, 2.05) is 41.5 Å². The van der Waals surface area contributed by atoms with Gasteiger partial charge in [-0.05, 0) is 36.8 Å². The van der Waals surface area contributed by atoms with Crippen molar-refractivity contribution in [1.82, 2.24) is 0 Å². The molecule has 0 amide bonds. The van der Waals surface area contributed by atoms with Gasteiger partial charge in [0.2, 0.25) is 0 Å². The Morgan fingerprint density at radius 1 is 0.688 bits per heavy atom. The second-order valence-corrected chi connectivity index (χ2v) is 2.94. The molecule has 0 aliphatic heterocycles. The van der Waals surface area contributed by atoms with Crippen molar-refractivity contribution >= 4 is 0 Å². The summed E-state index contributed by atoms with van der Waals surface area (Å²) >= 11 is 0. The van der Waals surface area contributed by atoms with Gasteiger partial charge in [-0.25, -0.2) is 0 Å². The van der Waals surface area contributed by atoms with Gasteiger partial charge in [0, 0.05) is 0 Å². The van der Waals surface area contributed by atoms with Gasteiger partial charge in [0.15, 0.2) is 0 Å². The quantitative estimate of drug-likeness (QED) is 0.467. The molecule has 0 aromatic rings. The van der Waals surface area contributed by atoms with E-state index in [-0.39, 0.29) is 0 Å². The van der Waals surface area contributed by atoms with E-state index in [2.05, 4.69) is 24.3 Å². The van der Waals surface area contributed by atoms with Gasteiger partial charge in [-0.15, -0.1) is 0 Å². The van der Waals surface area contributed by atoms with Gasteiger partial charge in [-0.3, -0.25) is 0 Å². The van der Waals surface area contributed by atoms with Crippen LogP contribution in [-0.4, -0.2) is 0 Å². The highest BCUT2D eigenvalue weighted by Crippen LogP contribution is 2.29. The highest BCUT2D eigenvalue weighted by molar-refractivity contribution is 5.38. The first-order chi connectivity index (χ1) is 7.97. The van der Waals surface area contributed by atoms with Gasteiger partial charge >= 0.3 is 0 Å². The van der Waals surface area contributed by atoms with Crippen LogP contribution in [0, 0.1) is 0 Å². The van der Waals surface area contributed by atoms with Crippen molar-refractivity contribution in [2.75, 3.05) is 0 Å². The third kappa shape index (κ3) is 6.66. The lowest BCUT2D eigenvalue weighted by molar-refractivity contribution is 0.905. The molecule has 0 radical (unpaired) electrons. The summed E-state index contributed by atoms with van der Waals surface area (Å²) in [5, 5.41) is 0. The zero-order chi connectivity index (χ0) is 12.8. The van der Waals surface area contributed by atoms with Crippen LogP contribution in [0.1, 0.15) is 67.2 Å².